The summed E-state index contributed by atoms with van der Waals surface area (Å²) in [5.41, 5.74) is 0. The van der Waals surface area contributed by atoms with Crippen LogP contribution in [-0.4, -0.2) is 14.8 Å². The minimum Gasteiger partial charge on any atom is -0.406 e. The number of rotatable bonds is 1. The minimum atomic E-state index is -4.60. The van der Waals surface area contributed by atoms with E-state index in [9.17, 15) is 21.6 Å². The largest absolute Gasteiger partial charge is 0.772 e. The van der Waals surface area contributed by atoms with Crippen molar-refractivity contribution in [2.45, 2.75) is 6.36 Å². The number of benzene rings is 1. The van der Waals surface area contributed by atoms with Gasteiger partial charge in [-0.05, 0) is 12.1 Å². The number of alkyl halides is 3. The number of nitrogens with zero attached hydrogens (tertiary/aromatic N) is 2. The maximum atomic E-state index is 11.5. The Morgan fingerprint density at radius 3 is 1.78 bits per heavy atom. The second-order valence-electron chi connectivity index (χ2n) is 2.49. The van der Waals surface area contributed by atoms with Gasteiger partial charge in [-0.15, -0.1) is 21.7 Å². The van der Waals surface area contributed by atoms with Crippen molar-refractivity contribution in [1.29, 1.82) is 0 Å². The Morgan fingerprint density at radius 1 is 1.06 bits per heavy atom. The zero-order chi connectivity index (χ0) is 14.2. The van der Waals surface area contributed by atoms with Crippen molar-refractivity contribution in [1.82, 2.24) is 0 Å². The lowest BCUT2D eigenvalue weighted by Gasteiger charge is -2.07. The molecule has 0 bridgehead atoms. The number of halogens is 3. The minimum absolute atomic E-state index is 0.194. The Kier molecular flexibility index (Phi) is 5.66. The van der Waals surface area contributed by atoms with Crippen molar-refractivity contribution in [3.8, 4) is 5.75 Å². The van der Waals surface area contributed by atoms with E-state index in [1.54, 1.807) is 6.07 Å². The first kappa shape index (κ1) is 15.7. The van der Waals surface area contributed by atoms with Crippen molar-refractivity contribution >= 4 is 10.2 Å². The molecule has 0 saturated carbocycles. The van der Waals surface area contributed by atoms with Crippen LogP contribution < -0.4 is 4.74 Å². The van der Waals surface area contributed by atoms with Crippen molar-refractivity contribution < 1.29 is 26.3 Å². The Morgan fingerprint density at radius 2 is 1.50 bits per heavy atom. The Labute approximate surface area is 101 Å². The molecule has 0 spiro atoms. The van der Waals surface area contributed by atoms with Crippen LogP contribution in [-0.2, 0) is 10.2 Å². The van der Waals surface area contributed by atoms with E-state index in [1.165, 1.54) is 24.3 Å². The lowest BCUT2D eigenvalue weighted by Crippen LogP contribution is -2.16. The lowest BCUT2D eigenvalue weighted by atomic mass is 10.3. The van der Waals surface area contributed by atoms with Gasteiger partial charge in [0, 0.05) is 0 Å². The zero-order valence-electron chi connectivity index (χ0n) is 8.55. The van der Waals surface area contributed by atoms with Gasteiger partial charge in [0.15, 0.2) is 0 Å². The summed E-state index contributed by atoms with van der Waals surface area (Å²) in [5, 5.41) is 0. The van der Waals surface area contributed by atoms with Crippen molar-refractivity contribution in [3.05, 3.63) is 52.0 Å². The fourth-order valence-electron chi connectivity index (χ4n) is 0.643. The monoisotopic (exact) mass is 278 g/mol. The first-order valence-electron chi connectivity index (χ1n) is 4.03. The average Bonchev–Trinajstić information content (AvgIpc) is 2.29. The molecule has 5 nitrogen and oxygen atoms in total. The summed E-state index contributed by atoms with van der Waals surface area (Å²) in [5.74, 6) is -0.194. The summed E-state index contributed by atoms with van der Waals surface area (Å²) in [6.45, 7) is 11.7. The number of ether oxygens (including phenoxy) is 1. The van der Waals surface area contributed by atoms with Crippen LogP contribution >= 0.6 is 0 Å². The van der Waals surface area contributed by atoms with Gasteiger partial charge in [-0.2, -0.15) is 13.1 Å². The van der Waals surface area contributed by atoms with Gasteiger partial charge in [0.2, 0.25) is 0 Å². The zero-order valence-corrected chi connectivity index (χ0v) is 9.36. The highest BCUT2D eigenvalue weighted by Gasteiger charge is 2.30. The van der Waals surface area contributed by atoms with Crippen LogP contribution in [0.3, 0.4) is 0 Å². The van der Waals surface area contributed by atoms with Crippen molar-refractivity contribution in [2.24, 2.45) is 0 Å². The second kappa shape index (κ2) is 6.47. The van der Waals surface area contributed by atoms with Gasteiger partial charge in [0.05, 0.1) is 0 Å². The normalized spacial score (nSPS) is 10.3. The summed E-state index contributed by atoms with van der Waals surface area (Å²) < 4.78 is 61.5. The van der Waals surface area contributed by atoms with Crippen LogP contribution in [0.25, 0.3) is 8.50 Å². The third-order valence-electron chi connectivity index (χ3n) is 1.21. The highest BCUT2D eigenvalue weighted by Crippen LogP contribution is 2.21. The molecule has 0 heterocycles. The van der Waals surface area contributed by atoms with E-state index in [2.05, 4.69) is 4.74 Å². The molecule has 0 amide bonds. The number of para-hydroxylation sites is 1. The first-order chi connectivity index (χ1) is 8.20. The van der Waals surface area contributed by atoms with Gasteiger partial charge >= 0.3 is 16.6 Å². The quantitative estimate of drug-likeness (QED) is 0.742. The van der Waals surface area contributed by atoms with Crippen LogP contribution in [0.4, 0.5) is 13.2 Å². The molecule has 18 heavy (non-hydrogen) atoms. The van der Waals surface area contributed by atoms with E-state index >= 15 is 0 Å². The molecule has 0 aliphatic carbocycles. The average molecular weight is 278 g/mol. The fourth-order valence-corrected chi connectivity index (χ4v) is 0.683. The van der Waals surface area contributed by atoms with E-state index in [1.807, 2.05) is 8.50 Å². The Bertz CT molecular complexity index is 535. The molecular formula is C9H5F3N2O3S. The smallest absolute Gasteiger partial charge is 0.406 e. The van der Waals surface area contributed by atoms with Crippen LogP contribution in [0.15, 0.2) is 30.3 Å². The van der Waals surface area contributed by atoms with E-state index in [0.717, 1.165) is 0 Å². The third-order valence-corrected chi connectivity index (χ3v) is 1.67. The number of hydrogen-bond donors (Lipinski definition) is 0. The summed E-state index contributed by atoms with van der Waals surface area (Å²) in [6, 6.07) is 7.05. The lowest BCUT2D eigenvalue weighted by molar-refractivity contribution is -0.274. The molecular weight excluding hydrogens is 273 g/mol. The van der Waals surface area contributed by atoms with E-state index in [-0.39, 0.29) is 5.75 Å². The molecule has 96 valence electrons. The topological polar surface area (TPSA) is 52.1 Å². The second-order valence-corrected chi connectivity index (χ2v) is 3.75. The predicted octanol–water partition coefficient (Wildman–Crippen LogP) is 2.65. The molecule has 0 N–H and O–H groups in total. The molecule has 0 unspecified atom stereocenters. The highest BCUT2D eigenvalue weighted by atomic mass is 32.2. The van der Waals surface area contributed by atoms with Gasteiger partial charge in [-0.3, -0.25) is 0 Å². The van der Waals surface area contributed by atoms with Crippen LogP contribution in [0.1, 0.15) is 0 Å². The van der Waals surface area contributed by atoms with E-state index in [0.29, 0.717) is 0 Å². The Balaban J connectivity index is 0.000000360. The van der Waals surface area contributed by atoms with Gasteiger partial charge in [-0.1, -0.05) is 26.6 Å². The summed E-state index contributed by atoms with van der Waals surface area (Å²) in [6.07, 6.45) is -4.60. The molecule has 1 aromatic rings. The summed E-state index contributed by atoms with van der Waals surface area (Å²) in [7, 11) is -4.07. The van der Waals surface area contributed by atoms with Crippen molar-refractivity contribution in [2.75, 3.05) is 0 Å². The molecule has 1 aromatic carbocycles. The SMILES string of the molecule is FC(F)(F)Oc1ccccc1.[C-]#[N+]S(=O)(=O)[N+]#[C-]. The molecule has 0 aliphatic heterocycles. The third kappa shape index (κ3) is 7.96. The molecule has 0 aromatic heterocycles. The van der Waals surface area contributed by atoms with Crippen molar-refractivity contribution in [3.63, 3.8) is 0 Å². The standard InChI is InChI=1S/C7H5F3O.C2N2O2S/c8-7(9,10)11-6-4-2-1-3-5-6;1-3-7(5,6)4-2/h1-5H;. The number of hydrogen-bond acceptors (Lipinski definition) is 3. The molecule has 0 atom stereocenters. The molecule has 0 radical (unpaired) electrons. The fraction of sp³-hybridized carbons (Fsp3) is 0.111. The summed E-state index contributed by atoms with van der Waals surface area (Å²) >= 11 is 0. The highest BCUT2D eigenvalue weighted by molar-refractivity contribution is 7.95. The summed E-state index contributed by atoms with van der Waals surface area (Å²) in [4.78, 5) is 0. The van der Waals surface area contributed by atoms with Gasteiger partial charge in [0.25, 0.3) is 0 Å². The molecule has 0 aliphatic rings. The maximum Gasteiger partial charge on any atom is 0.772 e. The molecule has 0 fully saturated rings. The molecule has 0 saturated heterocycles. The molecule has 1 rings (SSSR count). The Hall–Kier alpha value is -2.26. The maximum absolute atomic E-state index is 11.5. The van der Waals surface area contributed by atoms with Gasteiger partial charge in [-0.25, -0.2) is 0 Å². The van der Waals surface area contributed by atoms with Crippen LogP contribution in [0.2, 0.25) is 0 Å². The predicted molar refractivity (Wildman–Crippen MR) is 55.2 cm³/mol. The van der Waals surface area contributed by atoms with Gasteiger partial charge < -0.3 is 4.74 Å². The van der Waals surface area contributed by atoms with E-state index in [4.69, 9.17) is 13.1 Å². The van der Waals surface area contributed by atoms with Crippen LogP contribution in [0, 0.1) is 13.1 Å². The molecule has 9 heteroatoms. The first-order valence-corrected chi connectivity index (χ1v) is 5.43. The van der Waals surface area contributed by atoms with Crippen LogP contribution in [0.5, 0.6) is 5.75 Å². The van der Waals surface area contributed by atoms with E-state index < -0.39 is 16.6 Å². The van der Waals surface area contributed by atoms with Gasteiger partial charge in [0.1, 0.15) is 5.75 Å².